The summed E-state index contributed by atoms with van der Waals surface area (Å²) < 4.78 is 0. The van der Waals surface area contributed by atoms with Crippen LogP contribution in [0.4, 0.5) is 0 Å². The Kier molecular flexibility index (Phi) is 4.90. The van der Waals surface area contributed by atoms with Crippen molar-refractivity contribution < 1.29 is 24.9 Å². The van der Waals surface area contributed by atoms with Crippen LogP contribution in [0, 0.1) is 0 Å². The molecule has 1 aromatic carbocycles. The van der Waals surface area contributed by atoms with E-state index in [1.807, 2.05) is 20.8 Å². The summed E-state index contributed by atoms with van der Waals surface area (Å²) in [5.41, 5.74) is 0.0117. The first kappa shape index (κ1) is 18.0. The molecule has 0 aliphatic carbocycles. The molecule has 5 heteroatoms. The summed E-state index contributed by atoms with van der Waals surface area (Å²) >= 11 is 0. The van der Waals surface area contributed by atoms with E-state index in [9.17, 15) is 19.8 Å². The van der Waals surface area contributed by atoms with Gasteiger partial charge in [-0.05, 0) is 36.8 Å². The molecule has 0 amide bonds. The van der Waals surface area contributed by atoms with Gasteiger partial charge in [-0.2, -0.15) is 0 Å². The number of carboxylic acids is 2. The molecule has 122 valence electrons. The highest BCUT2D eigenvalue weighted by molar-refractivity contribution is 5.82. The maximum Gasteiger partial charge on any atom is 0.313 e. The second-order valence-corrected chi connectivity index (χ2v) is 7.11. The Hall–Kier alpha value is -2.04. The van der Waals surface area contributed by atoms with Crippen molar-refractivity contribution in [1.29, 1.82) is 0 Å². The Labute approximate surface area is 130 Å². The molecular weight excluding hydrogens is 284 g/mol. The Bertz CT molecular complexity index is 594. The molecule has 0 fully saturated rings. The molecule has 0 unspecified atom stereocenters. The van der Waals surface area contributed by atoms with E-state index in [1.165, 1.54) is 13.8 Å². The van der Waals surface area contributed by atoms with Gasteiger partial charge >= 0.3 is 11.9 Å². The lowest BCUT2D eigenvalue weighted by molar-refractivity contribution is -0.142. The zero-order valence-electron chi connectivity index (χ0n) is 13.7. The van der Waals surface area contributed by atoms with Gasteiger partial charge in [0.25, 0.3) is 0 Å². The predicted octanol–water partition coefficient (Wildman–Crippen LogP) is 3.07. The highest BCUT2D eigenvalue weighted by Gasteiger charge is 2.35. The van der Waals surface area contributed by atoms with E-state index in [2.05, 4.69) is 0 Å². The number of carboxylic acid groups (broad SMARTS) is 2. The van der Waals surface area contributed by atoms with Crippen molar-refractivity contribution in [3.8, 4) is 5.75 Å². The van der Waals surface area contributed by atoms with Crippen molar-refractivity contribution >= 4 is 11.9 Å². The quantitative estimate of drug-likeness (QED) is 0.777. The number of hydrogen-bond acceptors (Lipinski definition) is 3. The van der Waals surface area contributed by atoms with Crippen LogP contribution >= 0.6 is 0 Å². The lowest BCUT2D eigenvalue weighted by Crippen LogP contribution is -2.29. The van der Waals surface area contributed by atoms with Crippen molar-refractivity contribution in [3.05, 3.63) is 28.8 Å². The summed E-state index contributed by atoms with van der Waals surface area (Å²) in [4.78, 5) is 22.3. The first-order valence-corrected chi connectivity index (χ1v) is 7.19. The van der Waals surface area contributed by atoms with E-state index < -0.39 is 17.4 Å². The van der Waals surface area contributed by atoms with Crippen LogP contribution in [0.3, 0.4) is 0 Å². The number of hydrogen-bond donors (Lipinski definition) is 3. The Morgan fingerprint density at radius 3 is 1.91 bits per heavy atom. The number of phenolic OH excluding ortho intramolecular Hbond substituents is 1. The number of carbonyl (C=O) groups is 2. The van der Waals surface area contributed by atoms with E-state index in [-0.39, 0.29) is 17.6 Å². The van der Waals surface area contributed by atoms with Crippen molar-refractivity contribution in [2.75, 3.05) is 0 Å². The summed E-state index contributed by atoms with van der Waals surface area (Å²) in [7, 11) is 0. The van der Waals surface area contributed by atoms with E-state index in [0.717, 1.165) is 5.56 Å². The van der Waals surface area contributed by atoms with Crippen LogP contribution in [0.15, 0.2) is 12.1 Å². The van der Waals surface area contributed by atoms with Crippen molar-refractivity contribution in [1.82, 2.24) is 0 Å². The second-order valence-electron chi connectivity index (χ2n) is 7.11. The third-order valence-electron chi connectivity index (χ3n) is 3.81. The van der Waals surface area contributed by atoms with Crippen LogP contribution in [0.25, 0.3) is 0 Å². The summed E-state index contributed by atoms with van der Waals surface area (Å²) in [6.07, 6.45) is 0.253. The van der Waals surface area contributed by atoms with Gasteiger partial charge in [-0.1, -0.05) is 32.9 Å². The third-order valence-corrected chi connectivity index (χ3v) is 3.81. The summed E-state index contributed by atoms with van der Waals surface area (Å²) in [5, 5.41) is 28.8. The minimum atomic E-state index is -1.26. The van der Waals surface area contributed by atoms with E-state index in [1.54, 1.807) is 12.1 Å². The van der Waals surface area contributed by atoms with E-state index in [4.69, 9.17) is 5.11 Å². The normalized spacial score (nSPS) is 12.2. The number of benzene rings is 1. The van der Waals surface area contributed by atoms with Crippen molar-refractivity contribution in [3.63, 3.8) is 0 Å². The molecular formula is C17H24O5. The molecule has 1 aromatic rings. The lowest BCUT2D eigenvalue weighted by Gasteiger charge is -2.28. The second kappa shape index (κ2) is 5.99. The van der Waals surface area contributed by atoms with Gasteiger partial charge in [-0.25, -0.2) is 0 Å². The molecule has 5 nitrogen and oxygen atoms in total. The van der Waals surface area contributed by atoms with E-state index >= 15 is 0 Å². The molecule has 0 aliphatic rings. The highest BCUT2D eigenvalue weighted by Crippen LogP contribution is 2.40. The zero-order chi connectivity index (χ0) is 17.3. The summed E-state index contributed by atoms with van der Waals surface area (Å²) in [6.45, 7) is 8.80. The first-order chi connectivity index (χ1) is 9.87. The largest absolute Gasteiger partial charge is 0.507 e. The van der Waals surface area contributed by atoms with Crippen LogP contribution in [0.2, 0.25) is 0 Å². The standard InChI is InChI=1S/C17H24O5/c1-16(2,3)11-8-10(6-7-13(18)19)9-12(14(11)20)17(4,5)15(21)22/h8-9,20H,6-7H2,1-5H3,(H,18,19)(H,21,22). The average molecular weight is 308 g/mol. The lowest BCUT2D eigenvalue weighted by atomic mass is 9.77. The van der Waals surface area contributed by atoms with Gasteiger partial charge in [0, 0.05) is 12.0 Å². The van der Waals surface area contributed by atoms with Crippen LogP contribution in [0.1, 0.15) is 57.7 Å². The topological polar surface area (TPSA) is 94.8 Å². The van der Waals surface area contributed by atoms with Gasteiger partial charge in [-0.15, -0.1) is 0 Å². The summed E-state index contributed by atoms with van der Waals surface area (Å²) in [6, 6.07) is 3.36. The molecule has 0 bridgehead atoms. The first-order valence-electron chi connectivity index (χ1n) is 7.19. The van der Waals surface area contributed by atoms with Crippen molar-refractivity contribution in [2.45, 2.75) is 58.3 Å². The third kappa shape index (κ3) is 3.78. The monoisotopic (exact) mass is 308 g/mol. The van der Waals surface area contributed by atoms with Gasteiger partial charge in [0.05, 0.1) is 5.41 Å². The Morgan fingerprint density at radius 2 is 1.50 bits per heavy atom. The van der Waals surface area contributed by atoms with Crippen LogP contribution < -0.4 is 0 Å². The summed E-state index contributed by atoms with van der Waals surface area (Å²) in [5.74, 6) is -1.98. The van der Waals surface area contributed by atoms with Gasteiger partial charge in [0.15, 0.2) is 0 Å². The molecule has 0 aliphatic heterocycles. The minimum absolute atomic E-state index is 0.0287. The van der Waals surface area contributed by atoms with Crippen LogP contribution in [-0.4, -0.2) is 27.3 Å². The maximum atomic E-state index is 11.5. The molecule has 0 atom stereocenters. The molecule has 3 N–H and O–H groups in total. The SMILES string of the molecule is CC(C)(C)c1cc(CCC(=O)O)cc(C(C)(C)C(=O)O)c1O. The molecule has 0 aromatic heterocycles. The van der Waals surface area contributed by atoms with Crippen molar-refractivity contribution in [2.24, 2.45) is 0 Å². The predicted molar refractivity (Wildman–Crippen MR) is 83.4 cm³/mol. The van der Waals surface area contributed by atoms with E-state index in [0.29, 0.717) is 17.5 Å². The zero-order valence-corrected chi connectivity index (χ0v) is 13.7. The molecule has 0 radical (unpaired) electrons. The highest BCUT2D eigenvalue weighted by atomic mass is 16.4. The number of aliphatic carboxylic acids is 2. The maximum absolute atomic E-state index is 11.5. The molecule has 0 spiro atoms. The van der Waals surface area contributed by atoms with Crippen LogP contribution in [-0.2, 0) is 26.8 Å². The number of aryl methyl sites for hydroxylation is 1. The van der Waals surface area contributed by atoms with Gasteiger partial charge < -0.3 is 15.3 Å². The molecule has 22 heavy (non-hydrogen) atoms. The van der Waals surface area contributed by atoms with Gasteiger partial charge in [0.2, 0.25) is 0 Å². The fourth-order valence-electron chi connectivity index (χ4n) is 2.25. The van der Waals surface area contributed by atoms with Gasteiger partial charge in [0.1, 0.15) is 5.75 Å². The number of aromatic hydroxyl groups is 1. The fourth-order valence-corrected chi connectivity index (χ4v) is 2.25. The Balaban J connectivity index is 3.52. The van der Waals surface area contributed by atoms with Crippen LogP contribution in [0.5, 0.6) is 5.75 Å². The molecule has 1 rings (SSSR count). The molecule has 0 heterocycles. The van der Waals surface area contributed by atoms with Gasteiger partial charge in [-0.3, -0.25) is 9.59 Å². The number of rotatable bonds is 5. The molecule has 0 saturated carbocycles. The fraction of sp³-hybridized carbons (Fsp3) is 0.529. The average Bonchev–Trinajstić information content (AvgIpc) is 2.35. The Morgan fingerprint density at radius 1 is 1.00 bits per heavy atom. The minimum Gasteiger partial charge on any atom is -0.507 e. The molecule has 0 saturated heterocycles. The smallest absolute Gasteiger partial charge is 0.313 e. The number of phenols is 1.